The lowest BCUT2D eigenvalue weighted by molar-refractivity contribution is 0.549. The summed E-state index contributed by atoms with van der Waals surface area (Å²) in [6.07, 6.45) is 3.83. The molecule has 0 atom stereocenters. The molecule has 3 N–H and O–H groups in total. The molecular weight excluding hydrogens is 224 g/mol. The Kier molecular flexibility index (Phi) is 3.67. The van der Waals surface area contributed by atoms with Gasteiger partial charge in [-0.05, 0) is 19.4 Å². The first-order valence-corrected chi connectivity index (χ1v) is 6.12. The zero-order chi connectivity index (χ0) is 13.0. The number of anilines is 1. The summed E-state index contributed by atoms with van der Waals surface area (Å²) in [7, 11) is 0. The van der Waals surface area contributed by atoms with E-state index in [9.17, 15) is 0 Å². The maximum Gasteiger partial charge on any atom is 0.0727 e. The van der Waals surface area contributed by atoms with E-state index in [0.717, 1.165) is 18.8 Å². The Bertz CT molecular complexity index is 482. The van der Waals surface area contributed by atoms with Crippen molar-refractivity contribution in [3.8, 4) is 0 Å². The standard InChI is InChI=1S/C14H20N4/c1-14(2,15)11-16-13-8-17-18(10-13)9-12-6-4-3-5-7-12/h3-8,10,16H,9,11,15H2,1-2H3. The Morgan fingerprint density at radius 1 is 1.28 bits per heavy atom. The van der Waals surface area contributed by atoms with Gasteiger partial charge in [-0.2, -0.15) is 5.10 Å². The average Bonchev–Trinajstić information content (AvgIpc) is 2.75. The van der Waals surface area contributed by atoms with E-state index in [2.05, 4.69) is 22.5 Å². The van der Waals surface area contributed by atoms with Crippen LogP contribution in [-0.2, 0) is 6.54 Å². The largest absolute Gasteiger partial charge is 0.381 e. The van der Waals surface area contributed by atoms with Crippen LogP contribution in [0.3, 0.4) is 0 Å². The van der Waals surface area contributed by atoms with Crippen LogP contribution in [0.4, 0.5) is 5.69 Å². The number of rotatable bonds is 5. The van der Waals surface area contributed by atoms with Gasteiger partial charge in [0.25, 0.3) is 0 Å². The molecule has 0 amide bonds. The highest BCUT2D eigenvalue weighted by Crippen LogP contribution is 2.09. The van der Waals surface area contributed by atoms with Crippen LogP contribution in [0.15, 0.2) is 42.7 Å². The van der Waals surface area contributed by atoms with Gasteiger partial charge in [-0.3, -0.25) is 4.68 Å². The second-order valence-corrected chi connectivity index (χ2v) is 5.25. The average molecular weight is 244 g/mol. The maximum atomic E-state index is 5.92. The van der Waals surface area contributed by atoms with Crippen LogP contribution >= 0.6 is 0 Å². The minimum atomic E-state index is -0.221. The van der Waals surface area contributed by atoms with Gasteiger partial charge in [0, 0.05) is 18.3 Å². The Morgan fingerprint density at radius 2 is 2.00 bits per heavy atom. The van der Waals surface area contributed by atoms with E-state index in [0.29, 0.717) is 0 Å². The molecule has 1 heterocycles. The van der Waals surface area contributed by atoms with Crippen molar-refractivity contribution in [3.63, 3.8) is 0 Å². The minimum Gasteiger partial charge on any atom is -0.381 e. The summed E-state index contributed by atoms with van der Waals surface area (Å²) in [5.74, 6) is 0. The molecular formula is C14H20N4. The Morgan fingerprint density at radius 3 is 2.67 bits per heavy atom. The van der Waals surface area contributed by atoms with Gasteiger partial charge in [-0.25, -0.2) is 0 Å². The smallest absolute Gasteiger partial charge is 0.0727 e. The zero-order valence-corrected chi connectivity index (χ0v) is 10.9. The second kappa shape index (κ2) is 5.23. The van der Waals surface area contributed by atoms with Crippen LogP contribution in [0.25, 0.3) is 0 Å². The van der Waals surface area contributed by atoms with E-state index in [1.807, 2.05) is 49.1 Å². The van der Waals surface area contributed by atoms with Gasteiger partial charge >= 0.3 is 0 Å². The normalized spacial score (nSPS) is 11.5. The van der Waals surface area contributed by atoms with Crippen LogP contribution in [0.1, 0.15) is 19.4 Å². The molecule has 0 fully saturated rings. The molecule has 0 spiro atoms. The van der Waals surface area contributed by atoms with Crippen LogP contribution < -0.4 is 11.1 Å². The summed E-state index contributed by atoms with van der Waals surface area (Å²) in [5, 5.41) is 7.61. The van der Waals surface area contributed by atoms with E-state index < -0.39 is 0 Å². The van der Waals surface area contributed by atoms with E-state index in [-0.39, 0.29) is 5.54 Å². The van der Waals surface area contributed by atoms with Crippen molar-refractivity contribution in [2.45, 2.75) is 25.9 Å². The van der Waals surface area contributed by atoms with Crippen LogP contribution in [0, 0.1) is 0 Å². The molecule has 0 saturated carbocycles. The quantitative estimate of drug-likeness (QED) is 0.846. The van der Waals surface area contributed by atoms with Crippen molar-refractivity contribution in [2.75, 3.05) is 11.9 Å². The molecule has 4 heteroatoms. The first kappa shape index (κ1) is 12.6. The lowest BCUT2D eigenvalue weighted by Gasteiger charge is -2.18. The number of nitrogens with zero attached hydrogens (tertiary/aromatic N) is 2. The van der Waals surface area contributed by atoms with Crippen molar-refractivity contribution in [2.24, 2.45) is 5.73 Å². The van der Waals surface area contributed by atoms with Crippen LogP contribution in [0.5, 0.6) is 0 Å². The number of aromatic nitrogens is 2. The van der Waals surface area contributed by atoms with E-state index in [4.69, 9.17) is 5.73 Å². The van der Waals surface area contributed by atoms with Gasteiger partial charge < -0.3 is 11.1 Å². The summed E-state index contributed by atoms with van der Waals surface area (Å²) in [6, 6.07) is 10.3. The summed E-state index contributed by atoms with van der Waals surface area (Å²) >= 11 is 0. The fourth-order valence-electron chi connectivity index (χ4n) is 1.64. The van der Waals surface area contributed by atoms with Gasteiger partial charge in [0.15, 0.2) is 0 Å². The van der Waals surface area contributed by atoms with Gasteiger partial charge in [-0.1, -0.05) is 30.3 Å². The Balaban J connectivity index is 1.94. The van der Waals surface area contributed by atoms with Crippen molar-refractivity contribution in [1.29, 1.82) is 0 Å². The number of nitrogens with two attached hydrogens (primary N) is 1. The Hall–Kier alpha value is -1.81. The molecule has 0 bridgehead atoms. The van der Waals surface area contributed by atoms with Crippen molar-refractivity contribution < 1.29 is 0 Å². The number of hydrogen-bond acceptors (Lipinski definition) is 3. The molecule has 0 radical (unpaired) electrons. The summed E-state index contributed by atoms with van der Waals surface area (Å²) in [6.45, 7) is 5.50. The second-order valence-electron chi connectivity index (χ2n) is 5.25. The number of nitrogens with one attached hydrogen (secondary N) is 1. The van der Waals surface area contributed by atoms with Gasteiger partial charge in [0.05, 0.1) is 18.4 Å². The van der Waals surface area contributed by atoms with E-state index in [1.54, 1.807) is 0 Å². The van der Waals surface area contributed by atoms with E-state index >= 15 is 0 Å². The minimum absolute atomic E-state index is 0.221. The highest BCUT2D eigenvalue weighted by molar-refractivity contribution is 5.38. The molecule has 18 heavy (non-hydrogen) atoms. The lowest BCUT2D eigenvalue weighted by atomic mass is 10.1. The van der Waals surface area contributed by atoms with E-state index in [1.165, 1.54) is 5.56 Å². The van der Waals surface area contributed by atoms with Gasteiger partial charge in [0.2, 0.25) is 0 Å². The maximum absolute atomic E-state index is 5.92. The third-order valence-electron chi connectivity index (χ3n) is 2.57. The van der Waals surface area contributed by atoms with Gasteiger partial charge in [0.1, 0.15) is 0 Å². The fraction of sp³-hybridized carbons (Fsp3) is 0.357. The molecule has 1 aromatic heterocycles. The van der Waals surface area contributed by atoms with Crippen molar-refractivity contribution in [3.05, 3.63) is 48.3 Å². The molecule has 1 aromatic carbocycles. The Labute approximate surface area is 108 Å². The fourth-order valence-corrected chi connectivity index (χ4v) is 1.64. The predicted molar refractivity (Wildman–Crippen MR) is 74.5 cm³/mol. The molecule has 0 saturated heterocycles. The van der Waals surface area contributed by atoms with Crippen LogP contribution in [-0.4, -0.2) is 21.9 Å². The third kappa shape index (κ3) is 3.89. The SMILES string of the molecule is CC(C)(N)CNc1cnn(Cc2ccccc2)c1. The summed E-state index contributed by atoms with van der Waals surface area (Å²) < 4.78 is 1.92. The molecule has 0 aliphatic heterocycles. The highest BCUT2D eigenvalue weighted by Gasteiger charge is 2.10. The molecule has 0 aliphatic carbocycles. The predicted octanol–water partition coefficient (Wildman–Crippen LogP) is 2.08. The topological polar surface area (TPSA) is 55.9 Å². The first-order valence-electron chi connectivity index (χ1n) is 6.12. The molecule has 0 unspecified atom stereocenters. The number of benzene rings is 1. The molecule has 2 aromatic rings. The van der Waals surface area contributed by atoms with Crippen molar-refractivity contribution >= 4 is 5.69 Å². The van der Waals surface area contributed by atoms with Crippen LogP contribution in [0.2, 0.25) is 0 Å². The summed E-state index contributed by atoms with van der Waals surface area (Å²) in [5.41, 5.74) is 7.95. The number of hydrogen-bond donors (Lipinski definition) is 2. The third-order valence-corrected chi connectivity index (χ3v) is 2.57. The molecule has 96 valence electrons. The first-order chi connectivity index (χ1) is 8.53. The van der Waals surface area contributed by atoms with Crippen molar-refractivity contribution in [1.82, 2.24) is 9.78 Å². The molecule has 4 nitrogen and oxygen atoms in total. The molecule has 2 rings (SSSR count). The highest BCUT2D eigenvalue weighted by atomic mass is 15.3. The molecule has 0 aliphatic rings. The zero-order valence-electron chi connectivity index (χ0n) is 10.9. The monoisotopic (exact) mass is 244 g/mol. The summed E-state index contributed by atoms with van der Waals surface area (Å²) in [4.78, 5) is 0. The lowest BCUT2D eigenvalue weighted by Crippen LogP contribution is -2.39. The van der Waals surface area contributed by atoms with Gasteiger partial charge in [-0.15, -0.1) is 0 Å².